The van der Waals surface area contributed by atoms with E-state index in [0.29, 0.717) is 23.9 Å². The van der Waals surface area contributed by atoms with Gasteiger partial charge in [-0.25, -0.2) is 9.97 Å². The molecule has 0 fully saturated rings. The summed E-state index contributed by atoms with van der Waals surface area (Å²) in [6.45, 7) is 1.06. The molecule has 1 amide bonds. The Morgan fingerprint density at radius 3 is 2.28 bits per heavy atom. The van der Waals surface area contributed by atoms with E-state index in [1.807, 2.05) is 42.5 Å². The maximum Gasteiger partial charge on any atom is 0.271 e. The van der Waals surface area contributed by atoms with Gasteiger partial charge in [0, 0.05) is 18.1 Å². The molecule has 5 nitrogen and oxygen atoms in total. The van der Waals surface area contributed by atoms with Gasteiger partial charge in [-0.3, -0.25) is 4.79 Å². The van der Waals surface area contributed by atoms with E-state index in [4.69, 9.17) is 11.6 Å². The normalized spacial score (nSPS) is 10.3. The Hall–Kier alpha value is -2.92. The lowest BCUT2D eigenvalue weighted by Crippen LogP contribution is -2.24. The Morgan fingerprint density at radius 1 is 0.880 bits per heavy atom. The fraction of sp³-hybridized carbons (Fsp3) is 0.105. The summed E-state index contributed by atoms with van der Waals surface area (Å²) in [5.74, 6) is 0.357. The zero-order valence-electron chi connectivity index (χ0n) is 13.4. The quantitative estimate of drug-likeness (QED) is 0.710. The van der Waals surface area contributed by atoms with Crippen molar-refractivity contribution in [3.05, 3.63) is 88.8 Å². The molecule has 1 aromatic heterocycles. The Balaban J connectivity index is 1.52. The highest BCUT2D eigenvalue weighted by atomic mass is 35.5. The van der Waals surface area contributed by atoms with Gasteiger partial charge in [0.05, 0.1) is 12.4 Å². The molecule has 0 saturated heterocycles. The molecule has 3 aromatic rings. The summed E-state index contributed by atoms with van der Waals surface area (Å²) in [4.78, 5) is 20.5. The molecule has 0 saturated carbocycles. The summed E-state index contributed by atoms with van der Waals surface area (Å²) in [6.07, 6.45) is 3.02. The average molecular weight is 353 g/mol. The Kier molecular flexibility index (Phi) is 5.59. The lowest BCUT2D eigenvalue weighted by Gasteiger charge is -2.07. The number of aromatic nitrogens is 2. The molecular weight excluding hydrogens is 336 g/mol. The fourth-order valence-corrected chi connectivity index (χ4v) is 2.33. The first-order chi connectivity index (χ1) is 12.2. The highest BCUT2D eigenvalue weighted by Crippen LogP contribution is 2.09. The third kappa shape index (κ3) is 5.02. The smallest absolute Gasteiger partial charge is 0.271 e. The minimum Gasteiger partial charge on any atom is -0.365 e. The average Bonchev–Trinajstić information content (AvgIpc) is 2.67. The van der Waals surface area contributed by atoms with E-state index in [9.17, 15) is 4.79 Å². The maximum absolute atomic E-state index is 12.1. The number of benzene rings is 2. The van der Waals surface area contributed by atoms with Gasteiger partial charge in [-0.2, -0.15) is 0 Å². The Labute approximate surface area is 151 Å². The third-order valence-corrected chi connectivity index (χ3v) is 3.82. The first-order valence-corrected chi connectivity index (χ1v) is 8.21. The van der Waals surface area contributed by atoms with E-state index < -0.39 is 0 Å². The molecule has 0 bridgehead atoms. The molecule has 0 aliphatic rings. The zero-order chi connectivity index (χ0) is 17.5. The third-order valence-electron chi connectivity index (χ3n) is 3.57. The predicted octanol–water partition coefficient (Wildman–Crippen LogP) is 3.67. The number of carbonyl (C=O) groups is 1. The molecule has 2 aromatic carbocycles. The molecule has 3 rings (SSSR count). The molecule has 0 spiro atoms. The zero-order valence-corrected chi connectivity index (χ0v) is 14.2. The van der Waals surface area contributed by atoms with Crippen molar-refractivity contribution in [1.82, 2.24) is 15.3 Å². The van der Waals surface area contributed by atoms with Gasteiger partial charge in [0.1, 0.15) is 11.5 Å². The molecular formula is C19H17ClN4O. The molecule has 0 unspecified atom stereocenters. The molecule has 126 valence electrons. The van der Waals surface area contributed by atoms with Crippen LogP contribution in [-0.2, 0) is 13.1 Å². The number of carbonyl (C=O) groups excluding carboxylic acids is 1. The summed E-state index contributed by atoms with van der Waals surface area (Å²) in [7, 11) is 0. The van der Waals surface area contributed by atoms with Gasteiger partial charge < -0.3 is 10.6 Å². The molecule has 0 aliphatic heterocycles. The number of hydrogen-bond acceptors (Lipinski definition) is 4. The van der Waals surface area contributed by atoms with Crippen molar-refractivity contribution < 1.29 is 4.79 Å². The van der Waals surface area contributed by atoms with Gasteiger partial charge in [-0.1, -0.05) is 54.1 Å². The number of amides is 1. The van der Waals surface area contributed by atoms with Crippen molar-refractivity contribution in [3.63, 3.8) is 0 Å². The number of halogens is 1. The van der Waals surface area contributed by atoms with E-state index in [1.165, 1.54) is 6.20 Å². The lowest BCUT2D eigenvalue weighted by molar-refractivity contribution is 0.0945. The minimum absolute atomic E-state index is 0.267. The van der Waals surface area contributed by atoms with Crippen molar-refractivity contribution in [2.24, 2.45) is 0 Å². The summed E-state index contributed by atoms with van der Waals surface area (Å²) in [5, 5.41) is 6.65. The van der Waals surface area contributed by atoms with Gasteiger partial charge >= 0.3 is 0 Å². The molecule has 2 N–H and O–H groups in total. The topological polar surface area (TPSA) is 66.9 Å². The summed E-state index contributed by atoms with van der Waals surface area (Å²) >= 11 is 5.84. The van der Waals surface area contributed by atoms with Crippen LogP contribution in [0.3, 0.4) is 0 Å². The first kappa shape index (κ1) is 16.9. The van der Waals surface area contributed by atoms with Crippen molar-refractivity contribution in [2.75, 3.05) is 5.32 Å². The van der Waals surface area contributed by atoms with Crippen LogP contribution in [0, 0.1) is 0 Å². The van der Waals surface area contributed by atoms with Crippen LogP contribution in [0.15, 0.2) is 67.0 Å². The van der Waals surface area contributed by atoms with Crippen molar-refractivity contribution in [2.45, 2.75) is 13.1 Å². The van der Waals surface area contributed by atoms with Crippen LogP contribution in [0.5, 0.6) is 0 Å². The lowest BCUT2D eigenvalue weighted by atomic mass is 10.2. The monoisotopic (exact) mass is 352 g/mol. The van der Waals surface area contributed by atoms with Crippen LogP contribution in [-0.4, -0.2) is 15.9 Å². The summed E-state index contributed by atoms with van der Waals surface area (Å²) in [5.41, 5.74) is 2.39. The van der Waals surface area contributed by atoms with Gasteiger partial charge in [-0.05, 0) is 23.3 Å². The summed E-state index contributed by atoms with van der Waals surface area (Å²) < 4.78 is 0. The van der Waals surface area contributed by atoms with Crippen molar-refractivity contribution in [3.8, 4) is 0 Å². The molecule has 1 heterocycles. The number of anilines is 1. The van der Waals surface area contributed by atoms with E-state index in [-0.39, 0.29) is 11.6 Å². The van der Waals surface area contributed by atoms with Crippen LogP contribution in [0.25, 0.3) is 0 Å². The van der Waals surface area contributed by atoms with E-state index in [1.54, 1.807) is 18.3 Å². The van der Waals surface area contributed by atoms with E-state index in [2.05, 4.69) is 20.6 Å². The number of hydrogen-bond donors (Lipinski definition) is 2. The molecule has 6 heteroatoms. The van der Waals surface area contributed by atoms with Crippen LogP contribution in [0.2, 0.25) is 5.02 Å². The number of nitrogens with zero attached hydrogens (tertiary/aromatic N) is 2. The fourth-order valence-electron chi connectivity index (χ4n) is 2.20. The predicted molar refractivity (Wildman–Crippen MR) is 98.4 cm³/mol. The molecule has 0 radical (unpaired) electrons. The molecule has 25 heavy (non-hydrogen) atoms. The maximum atomic E-state index is 12.1. The second-order valence-corrected chi connectivity index (χ2v) is 5.87. The largest absolute Gasteiger partial charge is 0.365 e. The standard InChI is InChI=1S/C19H17ClN4O/c20-16-8-6-15(7-9-16)11-24-19(25)17-12-23-18(13-21-17)22-10-14-4-2-1-3-5-14/h1-9,12-13H,10-11H2,(H,22,23)(H,24,25). The van der Waals surface area contributed by atoms with Crippen molar-refractivity contribution in [1.29, 1.82) is 0 Å². The van der Waals surface area contributed by atoms with Gasteiger partial charge in [0.15, 0.2) is 0 Å². The molecule has 0 atom stereocenters. The van der Waals surface area contributed by atoms with Gasteiger partial charge in [0.2, 0.25) is 0 Å². The van der Waals surface area contributed by atoms with Crippen LogP contribution < -0.4 is 10.6 Å². The van der Waals surface area contributed by atoms with Crippen LogP contribution in [0.4, 0.5) is 5.82 Å². The SMILES string of the molecule is O=C(NCc1ccc(Cl)cc1)c1cnc(NCc2ccccc2)cn1. The highest BCUT2D eigenvalue weighted by molar-refractivity contribution is 6.30. The number of rotatable bonds is 6. The number of nitrogens with one attached hydrogen (secondary N) is 2. The Morgan fingerprint density at radius 2 is 1.60 bits per heavy atom. The van der Waals surface area contributed by atoms with Gasteiger partial charge in [-0.15, -0.1) is 0 Å². The molecule has 0 aliphatic carbocycles. The first-order valence-electron chi connectivity index (χ1n) is 7.83. The summed E-state index contributed by atoms with van der Waals surface area (Å²) in [6, 6.07) is 17.3. The van der Waals surface area contributed by atoms with E-state index >= 15 is 0 Å². The second-order valence-electron chi connectivity index (χ2n) is 5.44. The minimum atomic E-state index is -0.267. The van der Waals surface area contributed by atoms with E-state index in [0.717, 1.165) is 11.1 Å². The second kappa shape index (κ2) is 8.26. The van der Waals surface area contributed by atoms with Crippen molar-refractivity contribution >= 4 is 23.3 Å². The van der Waals surface area contributed by atoms with Crippen LogP contribution >= 0.6 is 11.6 Å². The highest BCUT2D eigenvalue weighted by Gasteiger charge is 2.07. The van der Waals surface area contributed by atoms with Gasteiger partial charge in [0.25, 0.3) is 5.91 Å². The van der Waals surface area contributed by atoms with Crippen LogP contribution in [0.1, 0.15) is 21.6 Å². The Bertz CT molecular complexity index is 820.